The highest BCUT2D eigenvalue weighted by Crippen LogP contribution is 2.46. The van der Waals surface area contributed by atoms with Crippen molar-refractivity contribution in [3.05, 3.63) is 110 Å². The third kappa shape index (κ3) is 3.06. The topological polar surface area (TPSA) is 70.2 Å². The van der Waals surface area contributed by atoms with Crippen LogP contribution in [0.3, 0.4) is 0 Å². The van der Waals surface area contributed by atoms with E-state index in [9.17, 15) is 9.59 Å². The van der Waals surface area contributed by atoms with E-state index in [1.165, 1.54) is 7.05 Å². The Kier molecular flexibility index (Phi) is 5.05. The average molecular weight is 499 g/mol. The first kappa shape index (κ1) is 22.2. The van der Waals surface area contributed by atoms with Gasteiger partial charge in [-0.3, -0.25) is 13.9 Å². The smallest absolute Gasteiger partial charge is 0.331 e. The Bertz CT molecular complexity index is 1780. The lowest BCUT2D eigenvalue weighted by Gasteiger charge is -2.31. The summed E-state index contributed by atoms with van der Waals surface area (Å²) < 4.78 is 10.2. The molecule has 0 saturated heterocycles. The number of rotatable bonds is 3. The van der Waals surface area contributed by atoms with Crippen molar-refractivity contribution >= 4 is 28.2 Å². The molecule has 7 nitrogen and oxygen atoms in total. The van der Waals surface area contributed by atoms with Gasteiger partial charge in [-0.1, -0.05) is 41.9 Å². The number of anilines is 1. The van der Waals surface area contributed by atoms with Crippen LogP contribution < -0.4 is 21.3 Å². The fourth-order valence-corrected chi connectivity index (χ4v) is 5.43. The normalized spacial score (nSPS) is 14.3. The monoisotopic (exact) mass is 498 g/mol. The molecule has 1 aliphatic rings. The molecule has 36 heavy (non-hydrogen) atoms. The summed E-state index contributed by atoms with van der Waals surface area (Å²) >= 11 is 6.69. The van der Waals surface area contributed by atoms with Crippen LogP contribution >= 0.6 is 11.6 Å². The standard InChI is InChI=1S/C28H23ClN4O3/c1-31-25-22(27(34)32(2)28(31)35)24(16-12-14-17(36-3)15-13-16)33-21-11-7-6-10-20(21)30-23(26(25)33)18-8-4-5-9-19(18)29/h4-15,23,30H,1-3H3. The molecule has 3 heterocycles. The molecule has 0 aliphatic carbocycles. The van der Waals surface area contributed by atoms with Gasteiger partial charge in [0.05, 0.1) is 46.8 Å². The van der Waals surface area contributed by atoms with Crippen LogP contribution in [-0.2, 0) is 14.1 Å². The van der Waals surface area contributed by atoms with Crippen LogP contribution in [0.25, 0.3) is 27.8 Å². The molecule has 2 aromatic heterocycles. The fourth-order valence-electron chi connectivity index (χ4n) is 5.18. The van der Waals surface area contributed by atoms with Crippen LogP contribution in [0.2, 0.25) is 5.02 Å². The maximum atomic E-state index is 13.7. The number of hydrogen-bond acceptors (Lipinski definition) is 4. The molecule has 1 atom stereocenters. The van der Waals surface area contributed by atoms with Crippen molar-refractivity contribution in [1.29, 1.82) is 0 Å². The number of benzene rings is 3. The Hall–Kier alpha value is -4.23. The van der Waals surface area contributed by atoms with Gasteiger partial charge in [0.15, 0.2) is 0 Å². The van der Waals surface area contributed by atoms with Gasteiger partial charge in [0.1, 0.15) is 5.75 Å². The van der Waals surface area contributed by atoms with Gasteiger partial charge in [0, 0.05) is 19.1 Å². The first-order chi connectivity index (χ1) is 17.4. The molecule has 0 fully saturated rings. The highest BCUT2D eigenvalue weighted by Gasteiger charge is 2.35. The number of nitrogens with zero attached hydrogens (tertiary/aromatic N) is 3. The maximum absolute atomic E-state index is 13.7. The number of halogens is 1. The summed E-state index contributed by atoms with van der Waals surface area (Å²) in [5.41, 5.74) is 4.78. The Labute approximate surface area is 211 Å². The second kappa shape index (κ2) is 8.17. The minimum absolute atomic E-state index is 0.351. The second-order valence-corrected chi connectivity index (χ2v) is 9.25. The van der Waals surface area contributed by atoms with Gasteiger partial charge in [-0.25, -0.2) is 4.79 Å². The third-order valence-electron chi connectivity index (χ3n) is 6.91. The van der Waals surface area contributed by atoms with Gasteiger partial charge in [-0.05, 0) is 53.6 Å². The van der Waals surface area contributed by atoms with Crippen molar-refractivity contribution in [3.8, 4) is 22.7 Å². The molecule has 0 radical (unpaired) electrons. The molecule has 6 rings (SSSR count). The average Bonchev–Trinajstić information content (AvgIpc) is 3.27. The number of aryl methyl sites for hydroxylation is 1. The molecule has 5 aromatic rings. The Balaban J connectivity index is 1.85. The summed E-state index contributed by atoms with van der Waals surface area (Å²) in [4.78, 5) is 26.9. The van der Waals surface area contributed by atoms with Crippen LogP contribution in [0.15, 0.2) is 82.4 Å². The van der Waals surface area contributed by atoms with Crippen molar-refractivity contribution in [3.63, 3.8) is 0 Å². The first-order valence-electron chi connectivity index (χ1n) is 11.5. The summed E-state index contributed by atoms with van der Waals surface area (Å²) in [5.74, 6) is 0.713. The van der Waals surface area contributed by atoms with E-state index < -0.39 is 6.04 Å². The van der Waals surface area contributed by atoms with E-state index in [0.717, 1.165) is 32.8 Å². The molecule has 1 aliphatic heterocycles. The van der Waals surface area contributed by atoms with Crippen molar-refractivity contribution in [2.75, 3.05) is 12.4 Å². The van der Waals surface area contributed by atoms with Crippen LogP contribution in [0, 0.1) is 0 Å². The van der Waals surface area contributed by atoms with E-state index in [1.807, 2.05) is 72.8 Å². The number of fused-ring (bicyclic) bond motifs is 5. The molecular weight excluding hydrogens is 476 g/mol. The van der Waals surface area contributed by atoms with E-state index in [1.54, 1.807) is 18.7 Å². The molecule has 3 aromatic carbocycles. The number of methoxy groups -OCH3 is 1. The Morgan fingerprint density at radius 3 is 2.31 bits per heavy atom. The van der Waals surface area contributed by atoms with Gasteiger partial charge in [0.2, 0.25) is 0 Å². The van der Waals surface area contributed by atoms with E-state index in [4.69, 9.17) is 16.3 Å². The third-order valence-corrected chi connectivity index (χ3v) is 7.25. The second-order valence-electron chi connectivity index (χ2n) is 8.84. The molecule has 1 N–H and O–H groups in total. The van der Waals surface area contributed by atoms with Crippen LogP contribution in [0.5, 0.6) is 5.75 Å². The SMILES string of the molecule is COc1ccc(-c2c3c(=O)n(C)c(=O)n(C)c3c3n2-c2ccccc2NC3c2ccccc2Cl)cc1. The first-order valence-corrected chi connectivity index (χ1v) is 11.9. The van der Waals surface area contributed by atoms with Crippen LogP contribution in [-0.4, -0.2) is 20.8 Å². The molecule has 0 saturated carbocycles. The Morgan fingerprint density at radius 1 is 0.889 bits per heavy atom. The van der Waals surface area contributed by atoms with Gasteiger partial charge < -0.3 is 14.6 Å². The summed E-state index contributed by atoms with van der Waals surface area (Å²) in [5, 5.41) is 4.68. The highest BCUT2D eigenvalue weighted by molar-refractivity contribution is 6.31. The quantitative estimate of drug-likeness (QED) is 0.385. The zero-order chi connectivity index (χ0) is 25.1. The van der Waals surface area contributed by atoms with E-state index in [-0.39, 0.29) is 11.2 Å². The molecule has 0 bridgehead atoms. The number of aromatic nitrogens is 3. The van der Waals surface area contributed by atoms with Crippen LogP contribution in [0.1, 0.15) is 17.3 Å². The molecule has 1 unspecified atom stereocenters. The van der Waals surface area contributed by atoms with E-state index in [2.05, 4.69) is 9.88 Å². The molecule has 0 spiro atoms. The van der Waals surface area contributed by atoms with E-state index >= 15 is 0 Å². The number of ether oxygens (including phenoxy) is 1. The van der Waals surface area contributed by atoms with Gasteiger partial charge in [-0.15, -0.1) is 0 Å². The van der Waals surface area contributed by atoms with Gasteiger partial charge in [-0.2, -0.15) is 0 Å². The van der Waals surface area contributed by atoms with Crippen molar-refractivity contribution < 1.29 is 4.74 Å². The Morgan fingerprint density at radius 2 is 1.58 bits per heavy atom. The molecular formula is C28H23ClN4O3. The lowest BCUT2D eigenvalue weighted by atomic mass is 9.99. The molecule has 0 amide bonds. The van der Waals surface area contributed by atoms with Gasteiger partial charge in [0.25, 0.3) is 5.56 Å². The zero-order valence-electron chi connectivity index (χ0n) is 19.9. The van der Waals surface area contributed by atoms with Crippen LogP contribution in [0.4, 0.5) is 5.69 Å². The number of para-hydroxylation sites is 2. The minimum atomic E-state index is -0.402. The number of nitrogens with one attached hydrogen (secondary N) is 1. The summed E-state index contributed by atoms with van der Waals surface area (Å²) in [6.45, 7) is 0. The predicted octanol–water partition coefficient (Wildman–Crippen LogP) is 4.87. The predicted molar refractivity (Wildman–Crippen MR) is 143 cm³/mol. The van der Waals surface area contributed by atoms with Crippen molar-refractivity contribution in [2.24, 2.45) is 14.1 Å². The zero-order valence-corrected chi connectivity index (χ0v) is 20.7. The highest BCUT2D eigenvalue weighted by atomic mass is 35.5. The summed E-state index contributed by atoms with van der Waals surface area (Å²) in [7, 11) is 4.83. The maximum Gasteiger partial charge on any atom is 0.331 e. The molecule has 8 heteroatoms. The molecule has 180 valence electrons. The fraction of sp³-hybridized carbons (Fsp3) is 0.143. The van der Waals surface area contributed by atoms with Gasteiger partial charge >= 0.3 is 5.69 Å². The van der Waals surface area contributed by atoms with Crippen molar-refractivity contribution in [1.82, 2.24) is 13.7 Å². The van der Waals surface area contributed by atoms with E-state index in [0.29, 0.717) is 27.4 Å². The summed E-state index contributed by atoms with van der Waals surface area (Å²) in [6.07, 6.45) is 0. The minimum Gasteiger partial charge on any atom is -0.497 e. The largest absolute Gasteiger partial charge is 0.497 e. The lowest BCUT2D eigenvalue weighted by Crippen LogP contribution is -2.37. The summed E-state index contributed by atoms with van der Waals surface area (Å²) in [6, 6.07) is 22.7. The van der Waals surface area contributed by atoms with Crippen molar-refractivity contribution in [2.45, 2.75) is 6.04 Å². The number of hydrogen-bond donors (Lipinski definition) is 1. The lowest BCUT2D eigenvalue weighted by molar-refractivity contribution is 0.415.